The van der Waals surface area contributed by atoms with Crippen LogP contribution < -0.4 is 5.32 Å². The number of anilines is 1. The lowest BCUT2D eigenvalue weighted by Gasteiger charge is -2.20. The van der Waals surface area contributed by atoms with Gasteiger partial charge >= 0.3 is 0 Å². The fourth-order valence-electron chi connectivity index (χ4n) is 1.78. The van der Waals surface area contributed by atoms with E-state index in [4.69, 9.17) is 10.5 Å². The van der Waals surface area contributed by atoms with Gasteiger partial charge in [-0.1, -0.05) is 0 Å². The number of nitrogens with zero attached hydrogens (tertiary/aromatic N) is 3. The number of nitriles is 2. The van der Waals surface area contributed by atoms with E-state index in [1.165, 1.54) is 11.0 Å². The Labute approximate surface area is 123 Å². The number of hydrogen-bond donors (Lipinski definition) is 1. The molecule has 0 saturated carbocycles. The van der Waals surface area contributed by atoms with E-state index >= 15 is 0 Å². The molecular weight excluding hydrogens is 271 g/mol. The lowest BCUT2D eigenvalue weighted by Crippen LogP contribution is -2.36. The minimum absolute atomic E-state index is 0.0436. The minimum atomic E-state index is -0.295. The van der Waals surface area contributed by atoms with Gasteiger partial charge in [0, 0.05) is 18.8 Å². The van der Waals surface area contributed by atoms with E-state index < -0.39 is 0 Å². The molecule has 0 aromatic heterocycles. The third kappa shape index (κ3) is 5.50. The number of nitrogens with one attached hydrogen (secondary N) is 1. The molecule has 1 rings (SSSR count). The minimum Gasteiger partial charge on any atom is -0.376 e. The Balaban J connectivity index is 2.57. The lowest BCUT2D eigenvalue weighted by molar-refractivity contribution is -0.129. The molecule has 0 spiro atoms. The molecule has 0 unspecified atom stereocenters. The van der Waals surface area contributed by atoms with Crippen LogP contribution in [0.15, 0.2) is 18.2 Å². The molecule has 0 fully saturated rings. The Bertz CT molecular complexity index is 556. The second kappa shape index (κ2) is 8.55. The zero-order chi connectivity index (χ0) is 15.7. The molecule has 1 amide bonds. The van der Waals surface area contributed by atoms with Crippen LogP contribution >= 0.6 is 0 Å². The highest BCUT2D eigenvalue weighted by molar-refractivity contribution is 5.81. The molecule has 0 aliphatic carbocycles. The quantitative estimate of drug-likeness (QED) is 0.834. The van der Waals surface area contributed by atoms with E-state index in [0.717, 1.165) is 0 Å². The fourth-order valence-corrected chi connectivity index (χ4v) is 1.78. The number of hydrogen-bond acceptors (Lipinski definition) is 4. The van der Waals surface area contributed by atoms with E-state index in [-0.39, 0.29) is 31.1 Å². The van der Waals surface area contributed by atoms with Crippen LogP contribution in [0.2, 0.25) is 0 Å². The van der Waals surface area contributed by atoms with Gasteiger partial charge in [0.1, 0.15) is 5.82 Å². The predicted octanol–water partition coefficient (Wildman–Crippen LogP) is 2.20. The number of aryl methyl sites for hydroxylation is 1. The molecule has 1 aromatic carbocycles. The predicted molar refractivity (Wildman–Crippen MR) is 76.7 cm³/mol. The first-order valence-electron chi connectivity index (χ1n) is 6.60. The van der Waals surface area contributed by atoms with Crippen LogP contribution in [0.1, 0.15) is 18.4 Å². The normalized spacial score (nSPS) is 9.52. The second-order valence-corrected chi connectivity index (χ2v) is 4.51. The highest BCUT2D eigenvalue weighted by Crippen LogP contribution is 2.13. The SMILES string of the molecule is Cc1cc(NCC(=O)N(CCC#N)CCC#N)ccc1F. The molecule has 110 valence electrons. The van der Waals surface area contributed by atoms with Crippen molar-refractivity contribution >= 4 is 11.6 Å². The molecule has 0 heterocycles. The van der Waals surface area contributed by atoms with Gasteiger partial charge in [0.25, 0.3) is 0 Å². The maximum atomic E-state index is 13.1. The number of halogens is 1. The van der Waals surface area contributed by atoms with Crippen molar-refractivity contribution in [2.24, 2.45) is 0 Å². The summed E-state index contributed by atoms with van der Waals surface area (Å²) in [5.74, 6) is -0.487. The van der Waals surface area contributed by atoms with Gasteiger partial charge in [-0.15, -0.1) is 0 Å². The van der Waals surface area contributed by atoms with Crippen molar-refractivity contribution in [3.8, 4) is 12.1 Å². The van der Waals surface area contributed by atoms with E-state index in [9.17, 15) is 9.18 Å². The van der Waals surface area contributed by atoms with E-state index in [1.54, 1.807) is 19.1 Å². The van der Waals surface area contributed by atoms with Gasteiger partial charge in [0.05, 0.1) is 31.5 Å². The first kappa shape index (κ1) is 16.5. The zero-order valence-electron chi connectivity index (χ0n) is 11.9. The highest BCUT2D eigenvalue weighted by Gasteiger charge is 2.12. The smallest absolute Gasteiger partial charge is 0.241 e. The van der Waals surface area contributed by atoms with Crippen LogP contribution in [0.3, 0.4) is 0 Å². The van der Waals surface area contributed by atoms with Crippen molar-refractivity contribution in [1.29, 1.82) is 10.5 Å². The van der Waals surface area contributed by atoms with Gasteiger partial charge in [-0.3, -0.25) is 4.79 Å². The molecule has 0 radical (unpaired) electrons. The Morgan fingerprint density at radius 1 is 1.29 bits per heavy atom. The first-order valence-corrected chi connectivity index (χ1v) is 6.60. The number of benzene rings is 1. The fraction of sp³-hybridized carbons (Fsp3) is 0.400. The largest absolute Gasteiger partial charge is 0.376 e. The van der Waals surface area contributed by atoms with Gasteiger partial charge in [0.15, 0.2) is 0 Å². The highest BCUT2D eigenvalue weighted by atomic mass is 19.1. The maximum absolute atomic E-state index is 13.1. The summed E-state index contributed by atoms with van der Waals surface area (Å²) in [6.45, 7) is 2.30. The lowest BCUT2D eigenvalue weighted by atomic mass is 10.2. The first-order chi connectivity index (χ1) is 10.1. The Morgan fingerprint density at radius 3 is 2.43 bits per heavy atom. The summed E-state index contributed by atoms with van der Waals surface area (Å²) in [7, 11) is 0. The summed E-state index contributed by atoms with van der Waals surface area (Å²) >= 11 is 0. The van der Waals surface area contributed by atoms with Gasteiger partial charge in [-0.2, -0.15) is 10.5 Å². The van der Waals surface area contributed by atoms with Crippen molar-refractivity contribution in [1.82, 2.24) is 4.90 Å². The van der Waals surface area contributed by atoms with Crippen LogP contribution in [0.4, 0.5) is 10.1 Å². The second-order valence-electron chi connectivity index (χ2n) is 4.51. The van der Waals surface area contributed by atoms with Crippen LogP contribution in [0.25, 0.3) is 0 Å². The van der Waals surface area contributed by atoms with Crippen LogP contribution in [-0.2, 0) is 4.79 Å². The van der Waals surface area contributed by atoms with E-state index in [2.05, 4.69) is 5.32 Å². The summed E-state index contributed by atoms with van der Waals surface area (Å²) < 4.78 is 13.1. The number of amides is 1. The average molecular weight is 288 g/mol. The molecular formula is C15H17FN4O. The molecule has 0 aliphatic rings. The van der Waals surface area contributed by atoms with Crippen LogP contribution in [-0.4, -0.2) is 30.4 Å². The summed E-state index contributed by atoms with van der Waals surface area (Å²) in [4.78, 5) is 13.5. The third-order valence-corrected chi connectivity index (χ3v) is 2.94. The molecule has 1 aromatic rings. The van der Waals surface area contributed by atoms with Gasteiger partial charge in [-0.05, 0) is 30.7 Å². The standard InChI is InChI=1S/C15H17FN4O/c1-12-10-13(4-5-14(12)16)19-11-15(21)20(8-2-6-17)9-3-7-18/h4-5,10,19H,2-3,8-9,11H2,1H3. The molecule has 0 atom stereocenters. The Kier molecular flexibility index (Phi) is 6.70. The summed E-state index contributed by atoms with van der Waals surface area (Å²) in [5.41, 5.74) is 1.15. The Morgan fingerprint density at radius 2 is 1.90 bits per heavy atom. The number of carbonyl (C=O) groups excluding carboxylic acids is 1. The molecule has 1 N–H and O–H groups in total. The molecule has 0 bridgehead atoms. The topological polar surface area (TPSA) is 79.9 Å². The molecule has 0 saturated heterocycles. The monoisotopic (exact) mass is 288 g/mol. The summed E-state index contributed by atoms with van der Waals surface area (Å²) in [6, 6.07) is 8.48. The van der Waals surface area contributed by atoms with Crippen LogP contribution in [0.5, 0.6) is 0 Å². The van der Waals surface area contributed by atoms with Crippen molar-refractivity contribution in [2.75, 3.05) is 25.0 Å². The van der Waals surface area contributed by atoms with Crippen molar-refractivity contribution in [3.05, 3.63) is 29.6 Å². The van der Waals surface area contributed by atoms with E-state index in [1.807, 2.05) is 12.1 Å². The van der Waals surface area contributed by atoms with Crippen LogP contribution in [0, 0.1) is 35.4 Å². The maximum Gasteiger partial charge on any atom is 0.241 e. The zero-order valence-corrected chi connectivity index (χ0v) is 11.9. The average Bonchev–Trinajstić information content (AvgIpc) is 2.48. The van der Waals surface area contributed by atoms with Gasteiger partial charge in [0.2, 0.25) is 5.91 Å². The number of rotatable bonds is 7. The molecule has 21 heavy (non-hydrogen) atoms. The summed E-state index contributed by atoms with van der Waals surface area (Å²) in [6.07, 6.45) is 0.458. The van der Waals surface area contributed by atoms with Crippen molar-refractivity contribution in [3.63, 3.8) is 0 Å². The van der Waals surface area contributed by atoms with Gasteiger partial charge < -0.3 is 10.2 Å². The number of carbonyl (C=O) groups is 1. The Hall–Kier alpha value is -2.60. The van der Waals surface area contributed by atoms with Crippen molar-refractivity contribution in [2.45, 2.75) is 19.8 Å². The van der Waals surface area contributed by atoms with E-state index in [0.29, 0.717) is 24.3 Å². The van der Waals surface area contributed by atoms with Gasteiger partial charge in [-0.25, -0.2) is 4.39 Å². The molecule has 6 heteroatoms. The molecule has 5 nitrogen and oxygen atoms in total. The summed E-state index contributed by atoms with van der Waals surface area (Å²) in [5, 5.41) is 20.1. The molecule has 0 aliphatic heterocycles. The van der Waals surface area contributed by atoms with Crippen molar-refractivity contribution < 1.29 is 9.18 Å². The third-order valence-electron chi connectivity index (χ3n) is 2.94.